The fourth-order valence-electron chi connectivity index (χ4n) is 2.56. The summed E-state index contributed by atoms with van der Waals surface area (Å²) in [7, 11) is 0. The Morgan fingerprint density at radius 3 is 2.60 bits per heavy atom. The second kappa shape index (κ2) is 5.37. The van der Waals surface area contributed by atoms with Crippen molar-refractivity contribution in [2.75, 3.05) is 5.73 Å². The molecule has 1 heterocycles. The van der Waals surface area contributed by atoms with Crippen molar-refractivity contribution in [3.05, 3.63) is 59.9 Å². The maximum atomic E-state index is 6.07. The van der Waals surface area contributed by atoms with Gasteiger partial charge in [-0.1, -0.05) is 37.3 Å². The molecule has 20 heavy (non-hydrogen) atoms. The number of hydrogen-bond donors (Lipinski definition) is 1. The van der Waals surface area contributed by atoms with Crippen molar-refractivity contribution in [2.45, 2.75) is 26.3 Å². The van der Waals surface area contributed by atoms with E-state index in [1.54, 1.807) is 0 Å². The van der Waals surface area contributed by atoms with Gasteiger partial charge >= 0.3 is 0 Å². The number of anilines is 1. The number of hydrogen-bond acceptors (Lipinski definition) is 2. The fourth-order valence-corrected chi connectivity index (χ4v) is 2.56. The van der Waals surface area contributed by atoms with E-state index in [2.05, 4.69) is 35.8 Å². The lowest BCUT2D eigenvalue weighted by Crippen LogP contribution is -2.07. The van der Waals surface area contributed by atoms with E-state index in [-0.39, 0.29) is 0 Å². The summed E-state index contributed by atoms with van der Waals surface area (Å²) < 4.78 is 2.28. The number of para-hydroxylation sites is 3. The van der Waals surface area contributed by atoms with Crippen LogP contribution >= 0.6 is 0 Å². The van der Waals surface area contributed by atoms with E-state index in [0.717, 1.165) is 42.0 Å². The molecule has 0 spiro atoms. The highest BCUT2D eigenvalue weighted by Gasteiger charge is 2.10. The molecule has 0 unspecified atom stereocenters. The van der Waals surface area contributed by atoms with Crippen molar-refractivity contribution in [1.29, 1.82) is 0 Å². The zero-order chi connectivity index (χ0) is 13.9. The van der Waals surface area contributed by atoms with Crippen LogP contribution in [0.5, 0.6) is 0 Å². The van der Waals surface area contributed by atoms with Crippen molar-refractivity contribution in [3.63, 3.8) is 0 Å². The van der Waals surface area contributed by atoms with Gasteiger partial charge in [-0.15, -0.1) is 0 Å². The van der Waals surface area contributed by atoms with Crippen LogP contribution in [0, 0.1) is 0 Å². The van der Waals surface area contributed by atoms with E-state index in [0.29, 0.717) is 0 Å². The van der Waals surface area contributed by atoms with Crippen LogP contribution < -0.4 is 5.73 Å². The average molecular weight is 265 g/mol. The zero-order valence-corrected chi connectivity index (χ0v) is 11.7. The Morgan fingerprint density at radius 2 is 1.80 bits per heavy atom. The molecule has 2 N–H and O–H groups in total. The minimum absolute atomic E-state index is 0.780. The summed E-state index contributed by atoms with van der Waals surface area (Å²) in [4.78, 5) is 4.75. The molecule has 1 aromatic heterocycles. The molecular weight excluding hydrogens is 246 g/mol. The van der Waals surface area contributed by atoms with Crippen LogP contribution in [0.2, 0.25) is 0 Å². The van der Waals surface area contributed by atoms with Gasteiger partial charge in [0.1, 0.15) is 5.82 Å². The van der Waals surface area contributed by atoms with Crippen molar-refractivity contribution in [1.82, 2.24) is 9.55 Å². The molecule has 2 aromatic carbocycles. The highest BCUT2D eigenvalue weighted by Crippen LogP contribution is 2.21. The Hall–Kier alpha value is -2.29. The molecule has 3 nitrogen and oxygen atoms in total. The molecule has 0 fully saturated rings. The normalized spacial score (nSPS) is 11.1. The third-order valence-electron chi connectivity index (χ3n) is 3.59. The smallest absolute Gasteiger partial charge is 0.110 e. The third kappa shape index (κ3) is 2.27. The first-order valence-electron chi connectivity index (χ1n) is 7.07. The van der Waals surface area contributed by atoms with Crippen LogP contribution in [0.25, 0.3) is 11.0 Å². The summed E-state index contributed by atoms with van der Waals surface area (Å²) in [6.45, 7) is 2.96. The highest BCUT2D eigenvalue weighted by atomic mass is 15.1. The van der Waals surface area contributed by atoms with E-state index in [1.165, 1.54) is 5.52 Å². The molecule has 0 atom stereocenters. The quantitative estimate of drug-likeness (QED) is 0.732. The van der Waals surface area contributed by atoms with Gasteiger partial charge in [-0.25, -0.2) is 4.98 Å². The molecule has 0 aliphatic rings. The maximum Gasteiger partial charge on any atom is 0.110 e. The zero-order valence-electron chi connectivity index (χ0n) is 11.7. The van der Waals surface area contributed by atoms with Gasteiger partial charge in [0, 0.05) is 12.1 Å². The van der Waals surface area contributed by atoms with Crippen molar-refractivity contribution < 1.29 is 0 Å². The lowest BCUT2D eigenvalue weighted by Gasteiger charge is -2.10. The molecular formula is C17H19N3. The van der Waals surface area contributed by atoms with Gasteiger partial charge < -0.3 is 10.3 Å². The van der Waals surface area contributed by atoms with Crippen LogP contribution in [0.15, 0.2) is 48.5 Å². The molecule has 0 saturated heterocycles. The van der Waals surface area contributed by atoms with Crippen LogP contribution in [-0.4, -0.2) is 9.55 Å². The minimum Gasteiger partial charge on any atom is -0.398 e. The molecule has 0 radical (unpaired) electrons. The van der Waals surface area contributed by atoms with E-state index in [4.69, 9.17) is 10.7 Å². The number of nitrogens with two attached hydrogens (primary N) is 1. The Bertz CT molecular complexity index is 728. The Kier molecular flexibility index (Phi) is 3.42. The monoisotopic (exact) mass is 265 g/mol. The topological polar surface area (TPSA) is 43.8 Å². The summed E-state index contributed by atoms with van der Waals surface area (Å²) in [5, 5.41) is 0. The second-order valence-corrected chi connectivity index (χ2v) is 5.05. The first-order valence-corrected chi connectivity index (χ1v) is 7.07. The van der Waals surface area contributed by atoms with Crippen molar-refractivity contribution >= 4 is 16.7 Å². The second-order valence-electron chi connectivity index (χ2n) is 5.05. The number of imidazole rings is 1. The largest absolute Gasteiger partial charge is 0.398 e. The van der Waals surface area contributed by atoms with Crippen molar-refractivity contribution in [3.8, 4) is 0 Å². The van der Waals surface area contributed by atoms with Crippen LogP contribution in [0.3, 0.4) is 0 Å². The first kappa shape index (κ1) is 12.7. The first-order chi connectivity index (χ1) is 9.79. The Labute approximate surface area is 119 Å². The highest BCUT2D eigenvalue weighted by molar-refractivity contribution is 5.76. The van der Waals surface area contributed by atoms with Gasteiger partial charge in [-0.2, -0.15) is 0 Å². The van der Waals surface area contributed by atoms with Gasteiger partial charge in [-0.05, 0) is 30.2 Å². The van der Waals surface area contributed by atoms with Gasteiger partial charge in [0.2, 0.25) is 0 Å². The summed E-state index contributed by atoms with van der Waals surface area (Å²) in [5.74, 6) is 1.14. The van der Waals surface area contributed by atoms with Gasteiger partial charge in [0.15, 0.2) is 0 Å². The number of fused-ring (bicyclic) bond motifs is 1. The number of aromatic nitrogens is 2. The predicted octanol–water partition coefficient (Wildman–Crippen LogP) is 3.62. The van der Waals surface area contributed by atoms with Gasteiger partial charge in [0.05, 0.1) is 17.6 Å². The van der Waals surface area contributed by atoms with Gasteiger partial charge in [-0.3, -0.25) is 0 Å². The molecule has 3 heteroatoms. The lowest BCUT2D eigenvalue weighted by atomic mass is 10.1. The molecule has 0 aliphatic carbocycles. The molecule has 0 bridgehead atoms. The molecule has 0 aliphatic heterocycles. The van der Waals surface area contributed by atoms with Crippen LogP contribution in [0.1, 0.15) is 24.7 Å². The number of nitrogens with zero attached hydrogens (tertiary/aromatic N) is 2. The maximum absolute atomic E-state index is 6.07. The molecule has 3 rings (SSSR count). The number of aryl methyl sites for hydroxylation is 1. The fraction of sp³-hybridized carbons (Fsp3) is 0.235. The predicted molar refractivity (Wildman–Crippen MR) is 83.7 cm³/mol. The number of rotatable bonds is 4. The van der Waals surface area contributed by atoms with Gasteiger partial charge in [0.25, 0.3) is 0 Å². The standard InChI is InChI=1S/C17H19N3/c1-2-7-17-19-15-10-5-6-11-16(15)20(17)12-13-8-3-4-9-14(13)18/h3-6,8-11H,2,7,12,18H2,1H3. The van der Waals surface area contributed by atoms with Crippen molar-refractivity contribution in [2.24, 2.45) is 0 Å². The lowest BCUT2D eigenvalue weighted by molar-refractivity contribution is 0.723. The molecule has 0 amide bonds. The molecule has 3 aromatic rings. The molecule has 102 valence electrons. The third-order valence-corrected chi connectivity index (χ3v) is 3.59. The van der Waals surface area contributed by atoms with E-state index < -0.39 is 0 Å². The van der Waals surface area contributed by atoms with E-state index >= 15 is 0 Å². The summed E-state index contributed by atoms with van der Waals surface area (Å²) in [5.41, 5.74) is 10.3. The Balaban J connectivity index is 2.09. The summed E-state index contributed by atoms with van der Waals surface area (Å²) in [6, 6.07) is 16.3. The van der Waals surface area contributed by atoms with E-state index in [9.17, 15) is 0 Å². The van der Waals surface area contributed by atoms with Crippen LogP contribution in [-0.2, 0) is 13.0 Å². The minimum atomic E-state index is 0.780. The Morgan fingerprint density at radius 1 is 1.05 bits per heavy atom. The SMILES string of the molecule is CCCc1nc2ccccc2n1Cc1ccccc1N. The summed E-state index contributed by atoms with van der Waals surface area (Å²) in [6.07, 6.45) is 2.08. The average Bonchev–Trinajstić information content (AvgIpc) is 2.80. The number of benzene rings is 2. The van der Waals surface area contributed by atoms with E-state index in [1.807, 2.05) is 24.3 Å². The summed E-state index contributed by atoms with van der Waals surface area (Å²) >= 11 is 0. The van der Waals surface area contributed by atoms with Crippen LogP contribution in [0.4, 0.5) is 5.69 Å². The molecule has 0 saturated carbocycles. The number of nitrogen functional groups attached to an aromatic ring is 1.